The number of halogens is 1. The number of nitrogens with zero attached hydrogens (tertiary/aromatic N) is 1. The van der Waals surface area contributed by atoms with Crippen molar-refractivity contribution in [1.82, 2.24) is 10.2 Å². The van der Waals surface area contributed by atoms with Crippen LogP contribution in [-0.4, -0.2) is 31.1 Å². The monoisotopic (exact) mass is 552 g/mol. The fourth-order valence-corrected chi connectivity index (χ4v) is 5.62. The SMILES string of the molecule is C=C(C)/C=C(\C=C/C)c1cccc(-c2cccc(/C(C)=C/C=C(/CN(C)CC3CCC(=C)N3)C(=C)C)c2Cl)c1C. The summed E-state index contributed by atoms with van der Waals surface area (Å²) in [7, 11) is 2.17. The zero-order chi connectivity index (χ0) is 29.4. The van der Waals surface area contributed by atoms with Crippen LogP contribution in [0.4, 0.5) is 0 Å². The third-order valence-corrected chi connectivity index (χ3v) is 7.77. The molecule has 40 heavy (non-hydrogen) atoms. The smallest absolute Gasteiger partial charge is 0.0559 e. The Hall–Kier alpha value is -3.33. The summed E-state index contributed by atoms with van der Waals surface area (Å²) in [5.41, 5.74) is 12.3. The van der Waals surface area contributed by atoms with Crippen molar-refractivity contribution in [3.63, 3.8) is 0 Å². The van der Waals surface area contributed by atoms with Crippen LogP contribution in [0.1, 0.15) is 57.2 Å². The lowest BCUT2D eigenvalue weighted by Gasteiger charge is -2.23. The highest BCUT2D eigenvalue weighted by atomic mass is 35.5. The molecule has 1 saturated heterocycles. The molecule has 210 valence electrons. The molecule has 0 spiro atoms. The lowest BCUT2D eigenvalue weighted by atomic mass is 9.90. The first-order chi connectivity index (χ1) is 19.0. The predicted octanol–water partition coefficient (Wildman–Crippen LogP) is 9.95. The molecule has 3 heteroatoms. The minimum atomic E-state index is 0.468. The van der Waals surface area contributed by atoms with Gasteiger partial charge in [-0.1, -0.05) is 109 Å². The molecule has 1 aliphatic rings. The van der Waals surface area contributed by atoms with Gasteiger partial charge in [0, 0.05) is 30.4 Å². The van der Waals surface area contributed by atoms with E-state index in [-0.39, 0.29) is 0 Å². The fraction of sp³-hybridized carbons (Fsp3) is 0.297. The molecule has 1 aliphatic heterocycles. The number of allylic oxidation sites excluding steroid dienone is 9. The summed E-state index contributed by atoms with van der Waals surface area (Å²) >= 11 is 7.11. The molecule has 0 saturated carbocycles. The summed E-state index contributed by atoms with van der Waals surface area (Å²) < 4.78 is 0. The lowest BCUT2D eigenvalue weighted by molar-refractivity contribution is 0.325. The molecule has 2 nitrogen and oxygen atoms in total. The number of nitrogens with one attached hydrogen (secondary N) is 1. The standard InChI is InChI=1S/C37H45ClN2/c1-10-13-30(22-25(2)3)34-15-12-16-35(29(34)8)36-17-11-14-33(37(36)38)27(6)18-20-31(26(4)5)23-40(9)24-32-21-19-28(7)39-32/h10-18,20,22,32,39H,2,4,7,19,21,23-24H2,1,3,5-6,8-9H3/b13-10-,27-18+,30-22+,31-20-. The molecule has 1 atom stereocenters. The first kappa shape index (κ1) is 31.2. The second kappa shape index (κ2) is 14.3. The maximum absolute atomic E-state index is 7.11. The molecule has 3 rings (SSSR count). The topological polar surface area (TPSA) is 15.3 Å². The molecule has 1 fully saturated rings. The van der Waals surface area contributed by atoms with E-state index in [4.69, 9.17) is 11.6 Å². The van der Waals surface area contributed by atoms with Crippen LogP contribution in [0.25, 0.3) is 22.3 Å². The van der Waals surface area contributed by atoms with Gasteiger partial charge in [0.25, 0.3) is 0 Å². The van der Waals surface area contributed by atoms with E-state index < -0.39 is 0 Å². The molecular weight excluding hydrogens is 508 g/mol. The van der Waals surface area contributed by atoms with E-state index in [0.717, 1.165) is 75.6 Å². The Morgan fingerprint density at radius 1 is 1.05 bits per heavy atom. The molecular formula is C37H45ClN2. The van der Waals surface area contributed by atoms with Gasteiger partial charge in [0.15, 0.2) is 0 Å². The van der Waals surface area contributed by atoms with Crippen molar-refractivity contribution in [3.05, 3.63) is 131 Å². The largest absolute Gasteiger partial charge is 0.385 e. The summed E-state index contributed by atoms with van der Waals surface area (Å²) in [6.07, 6.45) is 12.9. The van der Waals surface area contributed by atoms with Gasteiger partial charge < -0.3 is 10.2 Å². The van der Waals surface area contributed by atoms with Crippen molar-refractivity contribution in [3.8, 4) is 11.1 Å². The highest BCUT2D eigenvalue weighted by Gasteiger charge is 2.19. The molecule has 0 amide bonds. The highest BCUT2D eigenvalue weighted by molar-refractivity contribution is 6.35. The first-order valence-corrected chi connectivity index (χ1v) is 14.4. The summed E-state index contributed by atoms with van der Waals surface area (Å²) in [6, 6.07) is 13.2. The molecule has 2 aromatic rings. The van der Waals surface area contributed by atoms with E-state index >= 15 is 0 Å². The minimum Gasteiger partial charge on any atom is -0.385 e. The van der Waals surface area contributed by atoms with Crippen molar-refractivity contribution < 1.29 is 0 Å². The van der Waals surface area contributed by atoms with Crippen LogP contribution in [-0.2, 0) is 0 Å². The highest BCUT2D eigenvalue weighted by Crippen LogP contribution is 2.38. The van der Waals surface area contributed by atoms with Gasteiger partial charge in [0.1, 0.15) is 0 Å². The van der Waals surface area contributed by atoms with E-state index in [1.165, 1.54) is 16.7 Å². The second-order valence-electron chi connectivity index (χ2n) is 11.1. The van der Waals surface area contributed by atoms with E-state index in [1.54, 1.807) is 0 Å². The van der Waals surface area contributed by atoms with Crippen molar-refractivity contribution >= 4 is 22.7 Å². The van der Waals surface area contributed by atoms with Crippen molar-refractivity contribution in [1.29, 1.82) is 0 Å². The van der Waals surface area contributed by atoms with Crippen molar-refractivity contribution in [2.75, 3.05) is 20.1 Å². The van der Waals surface area contributed by atoms with Gasteiger partial charge in [0.2, 0.25) is 0 Å². The number of rotatable bonds is 11. The number of hydrogen-bond acceptors (Lipinski definition) is 2. The fourth-order valence-electron chi connectivity index (χ4n) is 5.24. The molecule has 0 bridgehead atoms. The molecule has 1 unspecified atom stereocenters. The third-order valence-electron chi connectivity index (χ3n) is 7.36. The van der Waals surface area contributed by atoms with E-state index in [2.05, 4.69) is 125 Å². The Kier molecular flexibility index (Phi) is 11.2. The number of hydrogen-bond donors (Lipinski definition) is 1. The average molecular weight is 553 g/mol. The normalized spacial score (nSPS) is 16.6. The van der Waals surface area contributed by atoms with Gasteiger partial charge >= 0.3 is 0 Å². The Morgan fingerprint density at radius 2 is 1.73 bits per heavy atom. The van der Waals surface area contributed by atoms with Gasteiger partial charge in [-0.15, -0.1) is 0 Å². The van der Waals surface area contributed by atoms with E-state index in [9.17, 15) is 0 Å². The third kappa shape index (κ3) is 8.10. The van der Waals surface area contributed by atoms with Crippen LogP contribution in [0.3, 0.4) is 0 Å². The minimum absolute atomic E-state index is 0.468. The van der Waals surface area contributed by atoms with Crippen LogP contribution in [0.5, 0.6) is 0 Å². The zero-order valence-electron chi connectivity index (χ0n) is 25.2. The van der Waals surface area contributed by atoms with Crippen LogP contribution in [0.2, 0.25) is 5.02 Å². The molecule has 0 radical (unpaired) electrons. The Labute approximate surface area is 247 Å². The van der Waals surface area contributed by atoms with Crippen LogP contribution < -0.4 is 5.32 Å². The Morgan fingerprint density at radius 3 is 2.33 bits per heavy atom. The summed E-state index contributed by atoms with van der Waals surface area (Å²) in [5.74, 6) is 0. The molecule has 0 aliphatic carbocycles. The van der Waals surface area contributed by atoms with Crippen LogP contribution in [0, 0.1) is 6.92 Å². The second-order valence-corrected chi connectivity index (χ2v) is 11.5. The predicted molar refractivity (Wildman–Crippen MR) is 179 cm³/mol. The number of benzene rings is 2. The molecule has 1 heterocycles. The van der Waals surface area contributed by atoms with E-state index in [0.29, 0.717) is 6.04 Å². The van der Waals surface area contributed by atoms with Gasteiger partial charge in [-0.3, -0.25) is 0 Å². The Bertz CT molecular complexity index is 1400. The molecule has 1 N–H and O–H groups in total. The molecule has 0 aromatic heterocycles. The van der Waals surface area contributed by atoms with Crippen LogP contribution >= 0.6 is 11.6 Å². The Balaban J connectivity index is 1.92. The van der Waals surface area contributed by atoms with Gasteiger partial charge in [-0.25, -0.2) is 0 Å². The summed E-state index contributed by atoms with van der Waals surface area (Å²) in [6.45, 7) is 24.6. The average Bonchev–Trinajstić information content (AvgIpc) is 3.30. The molecule has 2 aromatic carbocycles. The van der Waals surface area contributed by atoms with E-state index in [1.807, 2.05) is 13.8 Å². The van der Waals surface area contributed by atoms with Gasteiger partial charge in [-0.2, -0.15) is 0 Å². The van der Waals surface area contributed by atoms with Crippen LogP contribution in [0.15, 0.2) is 109 Å². The zero-order valence-corrected chi connectivity index (χ0v) is 26.0. The lowest BCUT2D eigenvalue weighted by Crippen LogP contribution is -2.35. The quantitative estimate of drug-likeness (QED) is 0.279. The number of likely N-dealkylation sites (N-methyl/N-ethyl adjacent to an activating group) is 1. The summed E-state index contributed by atoms with van der Waals surface area (Å²) in [4.78, 5) is 2.35. The maximum Gasteiger partial charge on any atom is 0.0559 e. The van der Waals surface area contributed by atoms with Gasteiger partial charge in [-0.05, 0) is 93.5 Å². The maximum atomic E-state index is 7.11. The van der Waals surface area contributed by atoms with Crippen molar-refractivity contribution in [2.45, 2.75) is 53.5 Å². The first-order valence-electron chi connectivity index (χ1n) is 14.1. The van der Waals surface area contributed by atoms with Gasteiger partial charge in [0.05, 0.1) is 5.02 Å². The summed E-state index contributed by atoms with van der Waals surface area (Å²) in [5, 5.41) is 4.26. The van der Waals surface area contributed by atoms with Crippen molar-refractivity contribution in [2.24, 2.45) is 0 Å².